The molecule has 1 amide bonds. The van der Waals surface area contributed by atoms with Gasteiger partial charge in [-0.3, -0.25) is 9.20 Å². The maximum absolute atomic E-state index is 12.7. The summed E-state index contributed by atoms with van der Waals surface area (Å²) in [5.74, 6) is 0.559. The number of carbonyl (C=O) groups is 1. The summed E-state index contributed by atoms with van der Waals surface area (Å²) in [5, 5.41) is 0. The number of likely N-dealkylation sites (tertiary alicyclic amines) is 1. The summed E-state index contributed by atoms with van der Waals surface area (Å²) < 4.78 is 37.3. The number of piperidine rings is 1. The third-order valence-electron chi connectivity index (χ3n) is 6.85. The highest BCUT2D eigenvalue weighted by Crippen LogP contribution is 2.59. The lowest BCUT2D eigenvalue weighted by molar-refractivity contribution is 0.0998. The monoisotopic (exact) mass is 537 g/mol. The first-order chi connectivity index (χ1) is 17.8. The summed E-state index contributed by atoms with van der Waals surface area (Å²) in [6, 6.07) is 16.9. The summed E-state index contributed by atoms with van der Waals surface area (Å²) >= 11 is 1.34. The second-order valence-electron chi connectivity index (χ2n) is 9.37. The second kappa shape index (κ2) is 9.00. The van der Waals surface area contributed by atoms with Crippen LogP contribution < -0.4 is 9.74 Å². The fraction of sp³-hybridized carbons (Fsp3) is 0.269. The minimum absolute atomic E-state index is 0.00961. The number of aromatic nitrogens is 2. The number of nitrogens with zero attached hydrogens (tertiary/aromatic N) is 3. The molecule has 1 unspecified atom stereocenters. The van der Waals surface area contributed by atoms with Crippen LogP contribution in [0.15, 0.2) is 76.6 Å². The highest BCUT2D eigenvalue weighted by atomic mass is 32.2. The first-order valence-electron chi connectivity index (χ1n) is 11.8. The van der Waals surface area contributed by atoms with E-state index in [1.165, 1.54) is 27.9 Å². The number of carbonyl (C=O) groups excluding carboxylic acids is 1. The van der Waals surface area contributed by atoms with Crippen molar-refractivity contribution in [1.29, 1.82) is 0 Å². The normalized spacial score (nSPS) is 20.6. The fourth-order valence-corrected chi connectivity index (χ4v) is 6.98. The van der Waals surface area contributed by atoms with Crippen molar-refractivity contribution in [2.45, 2.75) is 24.3 Å². The molecule has 0 N–H and O–H groups in total. The van der Waals surface area contributed by atoms with Gasteiger partial charge in [-0.05, 0) is 36.5 Å². The van der Waals surface area contributed by atoms with Gasteiger partial charge in [0.1, 0.15) is 11.5 Å². The third-order valence-corrected chi connectivity index (χ3v) is 9.18. The quantitative estimate of drug-likeness (QED) is 0.344. The van der Waals surface area contributed by atoms with Crippen LogP contribution in [0.25, 0.3) is 4.96 Å². The van der Waals surface area contributed by atoms with Crippen LogP contribution in [0.3, 0.4) is 0 Å². The van der Waals surface area contributed by atoms with E-state index in [-0.39, 0.29) is 29.4 Å². The van der Waals surface area contributed by atoms with Crippen LogP contribution in [0.2, 0.25) is 0 Å². The molecule has 0 radical (unpaired) electrons. The molecule has 3 heterocycles. The number of aryl methyl sites for hydroxylation is 1. The van der Waals surface area contributed by atoms with Crippen molar-refractivity contribution in [3.63, 3.8) is 0 Å². The van der Waals surface area contributed by atoms with Crippen molar-refractivity contribution in [3.8, 4) is 5.88 Å². The second-order valence-corrected chi connectivity index (χ2v) is 12.0. The molecular weight excluding hydrogens is 514 g/mol. The maximum Gasteiger partial charge on any atom is 0.410 e. The molecule has 1 aliphatic heterocycles. The SMILES string of the molecule is Cc1ccc(S(=O)(=O)Oc2cc(=O)n3cc(C4[C@H]5CN(C(=O)OCc6ccccc6)C[C@@H]45)sc3n2)cc1. The van der Waals surface area contributed by atoms with Gasteiger partial charge < -0.3 is 13.8 Å². The smallest absolute Gasteiger partial charge is 0.410 e. The van der Waals surface area contributed by atoms with Gasteiger partial charge in [-0.2, -0.15) is 13.4 Å². The third kappa shape index (κ3) is 4.60. The molecule has 37 heavy (non-hydrogen) atoms. The van der Waals surface area contributed by atoms with E-state index >= 15 is 0 Å². The zero-order valence-electron chi connectivity index (χ0n) is 19.8. The minimum atomic E-state index is -4.12. The van der Waals surface area contributed by atoms with Crippen LogP contribution in [-0.2, 0) is 21.5 Å². The summed E-state index contributed by atoms with van der Waals surface area (Å²) in [6.07, 6.45) is 1.44. The molecule has 0 bridgehead atoms. The van der Waals surface area contributed by atoms with Crippen LogP contribution >= 0.6 is 11.3 Å². The lowest BCUT2D eigenvalue weighted by Crippen LogP contribution is -2.31. The Morgan fingerprint density at radius 3 is 2.49 bits per heavy atom. The van der Waals surface area contributed by atoms with Gasteiger partial charge in [0.15, 0.2) is 4.96 Å². The van der Waals surface area contributed by atoms with Gasteiger partial charge in [0.25, 0.3) is 5.56 Å². The van der Waals surface area contributed by atoms with E-state index in [4.69, 9.17) is 8.92 Å². The number of hydrogen-bond donors (Lipinski definition) is 0. The number of benzene rings is 2. The predicted octanol–water partition coefficient (Wildman–Crippen LogP) is 3.81. The number of thiazole rings is 1. The van der Waals surface area contributed by atoms with Crippen molar-refractivity contribution in [1.82, 2.24) is 14.3 Å². The van der Waals surface area contributed by atoms with Crippen molar-refractivity contribution >= 4 is 32.5 Å². The molecule has 2 aromatic carbocycles. The van der Waals surface area contributed by atoms with E-state index in [1.54, 1.807) is 23.2 Å². The number of hydrogen-bond acceptors (Lipinski definition) is 8. The maximum atomic E-state index is 12.7. The molecular formula is C26H23N3O6S2. The molecule has 4 aromatic rings. The van der Waals surface area contributed by atoms with Crippen molar-refractivity contribution in [2.24, 2.45) is 11.8 Å². The predicted molar refractivity (Wildman–Crippen MR) is 136 cm³/mol. The Kier molecular flexibility index (Phi) is 5.76. The van der Waals surface area contributed by atoms with E-state index in [1.807, 2.05) is 37.3 Å². The molecule has 0 spiro atoms. The number of rotatable bonds is 6. The van der Waals surface area contributed by atoms with E-state index < -0.39 is 15.7 Å². The Hall–Kier alpha value is -3.70. The summed E-state index contributed by atoms with van der Waals surface area (Å²) in [7, 11) is -4.12. The van der Waals surface area contributed by atoms with Crippen molar-refractivity contribution in [3.05, 3.63) is 93.2 Å². The van der Waals surface area contributed by atoms with Gasteiger partial charge in [0.05, 0.1) is 6.07 Å². The molecule has 2 aliphatic rings. The Bertz CT molecular complexity index is 1640. The standard InChI is InChI=1S/C26H23N3O6S2/c1-16-7-9-18(10-8-16)37(32,33)35-22-11-23(30)29-14-21(36-25(29)27-22)24-19-12-28(13-20(19)24)26(31)34-15-17-5-3-2-4-6-17/h2-11,14,19-20,24H,12-13,15H2,1H3/t19-,20+,24?. The Morgan fingerprint density at radius 2 is 1.78 bits per heavy atom. The van der Waals surface area contributed by atoms with Gasteiger partial charge in [-0.15, -0.1) is 11.3 Å². The van der Waals surface area contributed by atoms with E-state index in [0.717, 1.165) is 22.1 Å². The Balaban J connectivity index is 1.13. The Morgan fingerprint density at radius 1 is 1.08 bits per heavy atom. The first-order valence-corrected chi connectivity index (χ1v) is 14.0. The van der Waals surface area contributed by atoms with Gasteiger partial charge in [0.2, 0.25) is 5.88 Å². The molecule has 11 heteroatoms. The lowest BCUT2D eigenvalue weighted by atomic mass is 10.2. The number of amides is 1. The lowest BCUT2D eigenvalue weighted by Gasteiger charge is -2.19. The summed E-state index contributed by atoms with van der Waals surface area (Å²) in [4.78, 5) is 32.5. The van der Waals surface area contributed by atoms with E-state index in [0.29, 0.717) is 29.9 Å². The molecule has 3 atom stereocenters. The van der Waals surface area contributed by atoms with Crippen LogP contribution in [0, 0.1) is 18.8 Å². The highest BCUT2D eigenvalue weighted by Gasteiger charge is 2.58. The van der Waals surface area contributed by atoms with Crippen LogP contribution in [0.1, 0.15) is 21.9 Å². The average molecular weight is 538 g/mol. The first kappa shape index (κ1) is 23.7. The van der Waals surface area contributed by atoms with Gasteiger partial charge in [0, 0.05) is 30.1 Å². The highest BCUT2D eigenvalue weighted by molar-refractivity contribution is 7.87. The molecule has 1 aliphatic carbocycles. The number of fused-ring (bicyclic) bond motifs is 2. The topological polar surface area (TPSA) is 107 Å². The molecule has 1 saturated carbocycles. The Labute approximate surface area is 217 Å². The van der Waals surface area contributed by atoms with Crippen molar-refractivity contribution < 1.29 is 22.1 Å². The van der Waals surface area contributed by atoms with Crippen molar-refractivity contribution in [2.75, 3.05) is 13.1 Å². The van der Waals surface area contributed by atoms with Gasteiger partial charge >= 0.3 is 16.2 Å². The zero-order valence-corrected chi connectivity index (χ0v) is 21.4. The summed E-state index contributed by atoms with van der Waals surface area (Å²) in [5.41, 5.74) is 1.44. The molecule has 2 aromatic heterocycles. The number of ether oxygens (including phenoxy) is 1. The fourth-order valence-electron chi connectivity index (χ4n) is 4.87. The molecule has 2 fully saturated rings. The molecule has 9 nitrogen and oxygen atoms in total. The molecule has 190 valence electrons. The average Bonchev–Trinajstić information content (AvgIpc) is 3.19. The van der Waals surface area contributed by atoms with Crippen LogP contribution in [0.5, 0.6) is 5.88 Å². The van der Waals surface area contributed by atoms with Crippen LogP contribution in [-0.4, -0.2) is 41.9 Å². The van der Waals surface area contributed by atoms with E-state index in [9.17, 15) is 18.0 Å². The largest absolute Gasteiger partial charge is 0.445 e. The zero-order chi connectivity index (χ0) is 25.7. The molecule has 1 saturated heterocycles. The van der Waals surface area contributed by atoms with E-state index in [2.05, 4.69) is 4.98 Å². The minimum Gasteiger partial charge on any atom is -0.445 e. The van der Waals surface area contributed by atoms with Gasteiger partial charge in [-0.25, -0.2) is 4.79 Å². The van der Waals surface area contributed by atoms with Gasteiger partial charge in [-0.1, -0.05) is 48.0 Å². The summed E-state index contributed by atoms with van der Waals surface area (Å²) in [6.45, 7) is 3.29. The van der Waals surface area contributed by atoms with Crippen LogP contribution in [0.4, 0.5) is 4.79 Å². The molecule has 6 rings (SSSR count).